The minimum Gasteiger partial charge on any atom is -0.483 e. The highest BCUT2D eigenvalue weighted by Crippen LogP contribution is 2.39. The van der Waals surface area contributed by atoms with E-state index in [0.717, 1.165) is 25.1 Å². The topological polar surface area (TPSA) is 188 Å². The van der Waals surface area contributed by atoms with Crippen LogP contribution in [0, 0.1) is 11.8 Å². The molecule has 13 heteroatoms. The number of ether oxygens (including phenoxy) is 4. The molecule has 0 spiro atoms. The van der Waals surface area contributed by atoms with Gasteiger partial charge in [0.25, 0.3) is 6.47 Å². The molecule has 3 unspecified atom stereocenters. The number of allylic oxidation sites excluding steroid dienone is 2. The number of carbonyl (C=O) groups is 3. The van der Waals surface area contributed by atoms with Crippen molar-refractivity contribution in [1.82, 2.24) is 5.32 Å². The highest BCUT2D eigenvalue weighted by molar-refractivity contribution is 5.70. The van der Waals surface area contributed by atoms with E-state index in [9.17, 15) is 24.9 Å². The van der Waals surface area contributed by atoms with Crippen molar-refractivity contribution in [2.24, 2.45) is 11.8 Å². The first-order valence-corrected chi connectivity index (χ1v) is 20.3. The van der Waals surface area contributed by atoms with E-state index < -0.39 is 47.5 Å². The van der Waals surface area contributed by atoms with Gasteiger partial charge < -0.3 is 49.6 Å². The number of anilines is 1. The molecule has 4 rings (SSSR count). The van der Waals surface area contributed by atoms with Gasteiger partial charge in [-0.05, 0) is 88.6 Å². The number of hydrogen-bond acceptors (Lipinski definition) is 12. The Morgan fingerprint density at radius 2 is 1.79 bits per heavy atom. The van der Waals surface area contributed by atoms with Crippen LogP contribution < -0.4 is 10.2 Å². The summed E-state index contributed by atoms with van der Waals surface area (Å²) in [5, 5.41) is 44.3. The second-order valence-electron chi connectivity index (χ2n) is 16.2. The van der Waals surface area contributed by atoms with Gasteiger partial charge in [-0.25, -0.2) is 0 Å². The Hall–Kier alpha value is -3.59. The molecule has 1 aromatic carbocycles. The van der Waals surface area contributed by atoms with Crippen molar-refractivity contribution in [1.29, 1.82) is 0 Å². The third-order valence-corrected chi connectivity index (χ3v) is 11.4. The van der Waals surface area contributed by atoms with E-state index in [4.69, 9.17) is 28.8 Å². The minimum absolute atomic E-state index is 0.0373. The molecule has 2 saturated heterocycles. The normalized spacial score (nSPS) is 30.5. The van der Waals surface area contributed by atoms with Gasteiger partial charge in [-0.15, -0.1) is 0 Å². The lowest BCUT2D eigenvalue weighted by Gasteiger charge is -2.32. The smallest absolute Gasteiger partial charge is 0.309 e. The summed E-state index contributed by atoms with van der Waals surface area (Å²) in [6.45, 7) is 15.0. The number of aliphatic hydroxyl groups excluding tert-OH is 1. The van der Waals surface area contributed by atoms with E-state index in [0.29, 0.717) is 12.1 Å². The van der Waals surface area contributed by atoms with Crippen LogP contribution in [-0.4, -0.2) is 113 Å². The largest absolute Gasteiger partial charge is 0.483 e. The van der Waals surface area contributed by atoms with Crippen LogP contribution in [-0.2, 0) is 39.9 Å². The standard InChI is InChI=1S/C43H66N2O9.CH2O2/c1-9-35(51-8)30(4)39-40(54-39)41(44-27-32-16-18-33(19-17-32)45-24-11-10-12-25-45)43(7,50)22-13-14-28(2)38-29(3)15-20-36(52-31(5)46)42(6,49)23-21-34(47)26-37(48)53-38;2-1-3/h13-20,22,29-30,34-36,38-41,44,47,49-50H,9-12,21,23-27H2,1-8H3;1H,(H,2,3)/b20-15+,22-13+,28-14+;/t29-,30+,34+,35-,36-,38?,39+,40-,41?,42+,43?;/m0./s1. The van der Waals surface area contributed by atoms with E-state index in [1.54, 1.807) is 51.3 Å². The summed E-state index contributed by atoms with van der Waals surface area (Å²) in [7, 11) is 1.72. The zero-order chi connectivity index (χ0) is 42.3. The molecule has 3 aliphatic rings. The summed E-state index contributed by atoms with van der Waals surface area (Å²) in [5.74, 6) is -1.35. The Balaban J connectivity index is 0.00000281. The molecule has 0 saturated carbocycles. The summed E-state index contributed by atoms with van der Waals surface area (Å²) in [6.07, 6.45) is 10.3. The number of epoxide rings is 1. The van der Waals surface area contributed by atoms with Crippen LogP contribution >= 0.6 is 0 Å². The van der Waals surface area contributed by atoms with Gasteiger partial charge in [0.1, 0.15) is 23.9 Å². The molecule has 0 aliphatic carbocycles. The second kappa shape index (κ2) is 22.5. The predicted molar refractivity (Wildman–Crippen MR) is 218 cm³/mol. The van der Waals surface area contributed by atoms with Gasteiger partial charge in [0.2, 0.25) is 0 Å². The van der Waals surface area contributed by atoms with E-state index >= 15 is 0 Å². The predicted octanol–water partition coefficient (Wildman–Crippen LogP) is 5.25. The van der Waals surface area contributed by atoms with Crippen molar-refractivity contribution in [3.05, 3.63) is 65.8 Å². The SMILES string of the molecule is CC[C@H](OC)[C@@H](C)[C@H]1O[C@@H]1C(NCc1ccc(N2CCCCC2)cc1)C(C)(O)/C=C/C=C(\C)C1OC(=O)C[C@H](O)CC[C@@](C)(O)[C@@H](OC(C)=O)/C=C/[C@@H]1C.O=CO. The number of hydrogen-bond donors (Lipinski definition) is 5. The number of aliphatic hydroxyl groups is 3. The summed E-state index contributed by atoms with van der Waals surface area (Å²) in [4.78, 5) is 35.6. The van der Waals surface area contributed by atoms with E-state index in [1.807, 2.05) is 13.8 Å². The summed E-state index contributed by atoms with van der Waals surface area (Å²) < 4.78 is 23.4. The third-order valence-electron chi connectivity index (χ3n) is 11.4. The Morgan fingerprint density at radius 3 is 2.39 bits per heavy atom. The number of carboxylic acid groups (broad SMARTS) is 1. The van der Waals surface area contributed by atoms with Crippen LogP contribution in [0.2, 0.25) is 0 Å². The lowest BCUT2D eigenvalue weighted by molar-refractivity contribution is -0.157. The van der Waals surface area contributed by atoms with Crippen LogP contribution in [0.15, 0.2) is 60.2 Å². The quantitative estimate of drug-likeness (QED) is 0.0541. The summed E-state index contributed by atoms with van der Waals surface area (Å²) in [6, 6.07) is 8.20. The minimum atomic E-state index is -1.45. The van der Waals surface area contributed by atoms with Crippen LogP contribution in [0.5, 0.6) is 0 Å². The number of carbonyl (C=O) groups excluding carboxylic acids is 2. The fraction of sp³-hybridized carbons (Fsp3) is 0.659. The molecule has 1 aromatic rings. The summed E-state index contributed by atoms with van der Waals surface area (Å²) >= 11 is 0. The molecule has 5 N–H and O–H groups in total. The molecule has 57 heavy (non-hydrogen) atoms. The molecule has 2 fully saturated rings. The van der Waals surface area contributed by atoms with Crippen LogP contribution in [0.25, 0.3) is 0 Å². The van der Waals surface area contributed by atoms with E-state index in [2.05, 4.69) is 48.3 Å². The van der Waals surface area contributed by atoms with Crippen molar-refractivity contribution in [2.75, 3.05) is 25.1 Å². The fourth-order valence-corrected chi connectivity index (χ4v) is 7.87. The highest BCUT2D eigenvalue weighted by atomic mass is 16.6. The Morgan fingerprint density at radius 1 is 1.14 bits per heavy atom. The number of nitrogens with one attached hydrogen (secondary N) is 1. The molecule has 0 amide bonds. The zero-order valence-electron chi connectivity index (χ0n) is 35.1. The van der Waals surface area contributed by atoms with Crippen LogP contribution in [0.4, 0.5) is 5.69 Å². The maximum atomic E-state index is 13.0. The average Bonchev–Trinajstić information content (AvgIpc) is 3.95. The maximum absolute atomic E-state index is 13.0. The molecule has 320 valence electrons. The maximum Gasteiger partial charge on any atom is 0.309 e. The molecule has 11 atom stereocenters. The fourth-order valence-electron chi connectivity index (χ4n) is 7.87. The van der Waals surface area contributed by atoms with E-state index in [1.165, 1.54) is 31.9 Å². The molecule has 0 bridgehead atoms. The van der Waals surface area contributed by atoms with Crippen LogP contribution in [0.3, 0.4) is 0 Å². The molecular weight excluding hydrogens is 732 g/mol. The number of cyclic esters (lactones) is 1. The highest BCUT2D eigenvalue weighted by Gasteiger charge is 2.54. The number of esters is 2. The van der Waals surface area contributed by atoms with Crippen molar-refractivity contribution in [3.63, 3.8) is 0 Å². The first-order valence-electron chi connectivity index (χ1n) is 20.3. The molecule has 3 aliphatic heterocycles. The molecule has 3 heterocycles. The first-order chi connectivity index (χ1) is 27.0. The van der Waals surface area contributed by atoms with E-state index in [-0.39, 0.29) is 55.9 Å². The summed E-state index contributed by atoms with van der Waals surface area (Å²) in [5.41, 5.74) is 0.262. The number of nitrogens with zero attached hydrogens (tertiary/aromatic N) is 1. The van der Waals surface area contributed by atoms with Gasteiger partial charge in [-0.3, -0.25) is 14.4 Å². The van der Waals surface area contributed by atoms with Gasteiger partial charge in [-0.2, -0.15) is 0 Å². The third kappa shape index (κ3) is 14.6. The Labute approximate surface area is 339 Å². The molecule has 0 radical (unpaired) electrons. The number of piperidine rings is 1. The van der Waals surface area contributed by atoms with Crippen LogP contribution in [0.1, 0.15) is 99.0 Å². The van der Waals surface area contributed by atoms with Crippen molar-refractivity contribution < 1.29 is 53.8 Å². The van der Waals surface area contributed by atoms with Gasteiger partial charge in [0, 0.05) is 51.2 Å². The molecular formula is C44H68N2O11. The second-order valence-corrected chi connectivity index (χ2v) is 16.2. The Bertz CT molecular complexity index is 1500. The monoisotopic (exact) mass is 800 g/mol. The van der Waals surface area contributed by atoms with Crippen molar-refractivity contribution >= 4 is 24.1 Å². The van der Waals surface area contributed by atoms with Gasteiger partial charge >= 0.3 is 11.9 Å². The lowest BCUT2D eigenvalue weighted by atomic mass is 9.87. The van der Waals surface area contributed by atoms with Gasteiger partial charge in [0.05, 0.1) is 36.4 Å². The average molecular weight is 801 g/mol. The van der Waals surface area contributed by atoms with Gasteiger partial charge in [0.15, 0.2) is 0 Å². The number of methoxy groups -OCH3 is 1. The first kappa shape index (κ1) is 47.8. The van der Waals surface area contributed by atoms with Crippen molar-refractivity contribution in [2.45, 2.75) is 154 Å². The van der Waals surface area contributed by atoms with Gasteiger partial charge in [-0.1, -0.05) is 57.2 Å². The zero-order valence-corrected chi connectivity index (χ0v) is 35.1. The number of benzene rings is 1. The number of rotatable bonds is 14. The molecule has 13 nitrogen and oxygen atoms in total. The molecule has 0 aromatic heterocycles. The lowest BCUT2D eigenvalue weighted by Crippen LogP contribution is -2.52. The Kier molecular flexibility index (Phi) is 18.9. The van der Waals surface area contributed by atoms with Crippen molar-refractivity contribution in [3.8, 4) is 0 Å².